The lowest BCUT2D eigenvalue weighted by Gasteiger charge is -2.30. The van der Waals surface area contributed by atoms with Gasteiger partial charge in [0.25, 0.3) is 0 Å². The van der Waals surface area contributed by atoms with Crippen molar-refractivity contribution in [3.8, 4) is 0 Å². The average Bonchev–Trinajstić information content (AvgIpc) is 2.64. The fourth-order valence-corrected chi connectivity index (χ4v) is 2.46. The van der Waals surface area contributed by atoms with Crippen LogP contribution < -0.4 is 5.73 Å². The van der Waals surface area contributed by atoms with Gasteiger partial charge < -0.3 is 10.6 Å². The first kappa shape index (κ1) is 12.0. The highest BCUT2D eigenvalue weighted by Gasteiger charge is 2.22. The van der Waals surface area contributed by atoms with Crippen molar-refractivity contribution in [2.24, 2.45) is 11.7 Å². The molecule has 1 rings (SSSR count). The smallest absolute Gasteiger partial charge is 0.00953 e. The second-order valence-corrected chi connectivity index (χ2v) is 4.97. The van der Waals surface area contributed by atoms with Crippen molar-refractivity contribution in [2.45, 2.75) is 52.0 Å². The van der Waals surface area contributed by atoms with Crippen molar-refractivity contribution < 1.29 is 0 Å². The summed E-state index contributed by atoms with van der Waals surface area (Å²) in [4.78, 5) is 2.67. The van der Waals surface area contributed by atoms with Crippen LogP contribution >= 0.6 is 0 Å². The van der Waals surface area contributed by atoms with Crippen LogP contribution in [0.3, 0.4) is 0 Å². The summed E-state index contributed by atoms with van der Waals surface area (Å²) in [6.45, 7) is 7.92. The van der Waals surface area contributed by atoms with Crippen LogP contribution in [-0.2, 0) is 0 Å². The van der Waals surface area contributed by atoms with Crippen molar-refractivity contribution >= 4 is 0 Å². The molecule has 0 unspecified atom stereocenters. The molecule has 2 nitrogen and oxygen atoms in total. The van der Waals surface area contributed by atoms with E-state index in [1.807, 2.05) is 0 Å². The summed E-state index contributed by atoms with van der Waals surface area (Å²) < 4.78 is 0. The molecule has 0 saturated heterocycles. The molecule has 0 atom stereocenters. The summed E-state index contributed by atoms with van der Waals surface area (Å²) in [7, 11) is 0. The molecule has 84 valence electrons. The van der Waals surface area contributed by atoms with E-state index in [0.717, 1.165) is 24.9 Å². The topological polar surface area (TPSA) is 29.3 Å². The second-order valence-electron chi connectivity index (χ2n) is 4.97. The molecule has 14 heavy (non-hydrogen) atoms. The summed E-state index contributed by atoms with van der Waals surface area (Å²) in [5.41, 5.74) is 5.58. The Balaban J connectivity index is 2.34. The van der Waals surface area contributed by atoms with Crippen molar-refractivity contribution in [1.29, 1.82) is 0 Å². The van der Waals surface area contributed by atoms with Crippen LogP contribution in [0.4, 0.5) is 0 Å². The van der Waals surface area contributed by atoms with Gasteiger partial charge in [0.05, 0.1) is 0 Å². The van der Waals surface area contributed by atoms with Crippen molar-refractivity contribution in [2.75, 3.05) is 19.6 Å². The van der Waals surface area contributed by atoms with Crippen LogP contribution in [-0.4, -0.2) is 30.6 Å². The Hall–Kier alpha value is -0.0800. The van der Waals surface area contributed by atoms with E-state index in [1.165, 1.54) is 38.8 Å². The molecule has 1 aliphatic rings. The lowest BCUT2D eigenvalue weighted by Crippen LogP contribution is -2.37. The lowest BCUT2D eigenvalue weighted by atomic mass is 10.1. The highest BCUT2D eigenvalue weighted by atomic mass is 15.2. The predicted molar refractivity (Wildman–Crippen MR) is 62.3 cm³/mol. The maximum atomic E-state index is 5.58. The molecule has 1 fully saturated rings. The molecule has 1 aliphatic carbocycles. The van der Waals surface area contributed by atoms with Gasteiger partial charge in [0.2, 0.25) is 0 Å². The first-order chi connectivity index (χ1) is 6.74. The zero-order valence-corrected chi connectivity index (χ0v) is 9.84. The van der Waals surface area contributed by atoms with E-state index >= 15 is 0 Å². The van der Waals surface area contributed by atoms with Crippen LogP contribution in [0.2, 0.25) is 0 Å². The van der Waals surface area contributed by atoms with E-state index in [9.17, 15) is 0 Å². The first-order valence-corrected chi connectivity index (χ1v) is 6.18. The molecule has 0 bridgehead atoms. The van der Waals surface area contributed by atoms with E-state index in [2.05, 4.69) is 18.7 Å². The molecule has 0 aromatic rings. The Morgan fingerprint density at radius 1 is 1.29 bits per heavy atom. The lowest BCUT2D eigenvalue weighted by molar-refractivity contribution is 0.176. The van der Waals surface area contributed by atoms with E-state index in [-0.39, 0.29) is 0 Å². The fraction of sp³-hybridized carbons (Fsp3) is 1.00. The average molecular weight is 198 g/mol. The first-order valence-electron chi connectivity index (χ1n) is 6.18. The standard InChI is InChI=1S/C12H26N2/c1-11(2)10-14(9-5-8-13)12-6-3-4-7-12/h11-12H,3-10,13H2,1-2H3. The summed E-state index contributed by atoms with van der Waals surface area (Å²) in [6.07, 6.45) is 6.85. The maximum Gasteiger partial charge on any atom is 0.00953 e. The van der Waals surface area contributed by atoms with Crippen LogP contribution in [0.25, 0.3) is 0 Å². The summed E-state index contributed by atoms with van der Waals surface area (Å²) in [5.74, 6) is 0.786. The molecule has 0 radical (unpaired) electrons. The third-order valence-corrected chi connectivity index (χ3v) is 3.09. The van der Waals surface area contributed by atoms with Crippen LogP contribution in [0.1, 0.15) is 46.0 Å². The second kappa shape index (κ2) is 6.41. The number of hydrogen-bond acceptors (Lipinski definition) is 2. The maximum absolute atomic E-state index is 5.58. The number of rotatable bonds is 6. The van der Waals surface area contributed by atoms with E-state index in [4.69, 9.17) is 5.73 Å². The SMILES string of the molecule is CC(C)CN(CCCN)C1CCCC1. The van der Waals surface area contributed by atoms with E-state index in [0.29, 0.717) is 0 Å². The number of nitrogens with zero attached hydrogens (tertiary/aromatic N) is 1. The van der Waals surface area contributed by atoms with Crippen LogP contribution in [0, 0.1) is 5.92 Å². The van der Waals surface area contributed by atoms with Gasteiger partial charge in [0, 0.05) is 12.6 Å². The van der Waals surface area contributed by atoms with E-state index < -0.39 is 0 Å². The third-order valence-electron chi connectivity index (χ3n) is 3.09. The molecule has 0 heterocycles. The molecule has 0 aromatic carbocycles. The van der Waals surface area contributed by atoms with Crippen molar-refractivity contribution in [3.05, 3.63) is 0 Å². The Morgan fingerprint density at radius 3 is 2.43 bits per heavy atom. The van der Waals surface area contributed by atoms with Crippen molar-refractivity contribution in [3.63, 3.8) is 0 Å². The molecule has 0 aliphatic heterocycles. The van der Waals surface area contributed by atoms with Gasteiger partial charge in [0.1, 0.15) is 0 Å². The summed E-state index contributed by atoms with van der Waals surface area (Å²) >= 11 is 0. The number of nitrogens with two attached hydrogens (primary N) is 1. The molecule has 0 spiro atoms. The molecule has 2 heteroatoms. The van der Waals surface area contributed by atoms with Gasteiger partial charge in [-0.15, -0.1) is 0 Å². The zero-order valence-electron chi connectivity index (χ0n) is 9.84. The van der Waals surface area contributed by atoms with Gasteiger partial charge in [-0.25, -0.2) is 0 Å². The van der Waals surface area contributed by atoms with Gasteiger partial charge in [-0.05, 0) is 38.3 Å². The quantitative estimate of drug-likeness (QED) is 0.709. The Bertz CT molecular complexity index is 139. The Kier molecular flexibility index (Phi) is 5.49. The Morgan fingerprint density at radius 2 is 1.93 bits per heavy atom. The number of hydrogen-bond donors (Lipinski definition) is 1. The minimum Gasteiger partial charge on any atom is -0.330 e. The van der Waals surface area contributed by atoms with Crippen LogP contribution in [0.5, 0.6) is 0 Å². The highest BCUT2D eigenvalue weighted by molar-refractivity contribution is 4.78. The zero-order chi connectivity index (χ0) is 10.4. The van der Waals surface area contributed by atoms with Gasteiger partial charge in [-0.1, -0.05) is 26.7 Å². The normalized spacial score (nSPS) is 18.6. The fourth-order valence-electron chi connectivity index (χ4n) is 2.46. The van der Waals surface area contributed by atoms with Crippen LogP contribution in [0.15, 0.2) is 0 Å². The Labute approximate surface area is 88.8 Å². The largest absolute Gasteiger partial charge is 0.330 e. The van der Waals surface area contributed by atoms with Crippen molar-refractivity contribution in [1.82, 2.24) is 4.90 Å². The minimum absolute atomic E-state index is 0.786. The molecule has 1 saturated carbocycles. The minimum atomic E-state index is 0.786. The van der Waals surface area contributed by atoms with Gasteiger partial charge >= 0.3 is 0 Å². The van der Waals surface area contributed by atoms with E-state index in [1.54, 1.807) is 0 Å². The molecular formula is C12H26N2. The van der Waals surface area contributed by atoms with Gasteiger partial charge in [-0.2, -0.15) is 0 Å². The summed E-state index contributed by atoms with van der Waals surface area (Å²) in [6, 6.07) is 0.865. The molecule has 2 N–H and O–H groups in total. The van der Waals surface area contributed by atoms with Gasteiger partial charge in [0.15, 0.2) is 0 Å². The molecule has 0 amide bonds. The molecule has 0 aromatic heterocycles. The van der Waals surface area contributed by atoms with Gasteiger partial charge in [-0.3, -0.25) is 0 Å². The molecular weight excluding hydrogens is 172 g/mol. The monoisotopic (exact) mass is 198 g/mol. The third kappa shape index (κ3) is 3.97. The summed E-state index contributed by atoms with van der Waals surface area (Å²) in [5, 5.41) is 0. The highest BCUT2D eigenvalue weighted by Crippen LogP contribution is 2.24. The predicted octanol–water partition coefficient (Wildman–Crippen LogP) is 2.24.